The van der Waals surface area contributed by atoms with E-state index in [0.29, 0.717) is 6.04 Å². The second kappa shape index (κ2) is 5.59. The number of nitriles is 1. The van der Waals surface area contributed by atoms with E-state index in [4.69, 9.17) is 0 Å². The van der Waals surface area contributed by atoms with Gasteiger partial charge < -0.3 is 4.90 Å². The Morgan fingerprint density at radius 2 is 2.00 bits per heavy atom. The summed E-state index contributed by atoms with van der Waals surface area (Å²) in [5.41, 5.74) is 0. The lowest BCUT2D eigenvalue weighted by molar-refractivity contribution is 0.178. The van der Waals surface area contributed by atoms with E-state index in [1.807, 2.05) is 0 Å². The molecule has 3 nitrogen and oxygen atoms in total. The minimum atomic E-state index is 0.0835. The monoisotopic (exact) mass is 247 g/mol. The van der Waals surface area contributed by atoms with Crippen LogP contribution in [-0.2, 0) is 0 Å². The summed E-state index contributed by atoms with van der Waals surface area (Å²) in [4.78, 5) is 2.67. The van der Waals surface area contributed by atoms with Crippen molar-refractivity contribution in [1.82, 2.24) is 10.2 Å². The van der Waals surface area contributed by atoms with E-state index in [-0.39, 0.29) is 6.04 Å². The topological polar surface area (TPSA) is 39.1 Å². The van der Waals surface area contributed by atoms with E-state index in [0.717, 1.165) is 24.9 Å². The zero-order valence-corrected chi connectivity index (χ0v) is 11.3. The van der Waals surface area contributed by atoms with Crippen LogP contribution in [0, 0.1) is 17.2 Å². The fraction of sp³-hybridized carbons (Fsp3) is 0.933. The third-order valence-electron chi connectivity index (χ3n) is 5.00. The van der Waals surface area contributed by atoms with Crippen LogP contribution in [0.3, 0.4) is 0 Å². The average Bonchev–Trinajstić information content (AvgIpc) is 3.13. The molecule has 1 saturated heterocycles. The number of rotatable bonds is 5. The highest BCUT2D eigenvalue weighted by Crippen LogP contribution is 2.36. The van der Waals surface area contributed by atoms with Gasteiger partial charge in [-0.3, -0.25) is 5.32 Å². The molecule has 3 heteroatoms. The van der Waals surface area contributed by atoms with Gasteiger partial charge in [0.1, 0.15) is 0 Å². The Labute approximate surface area is 111 Å². The molecule has 1 N–H and O–H groups in total. The van der Waals surface area contributed by atoms with Crippen molar-refractivity contribution in [2.24, 2.45) is 5.92 Å². The first-order chi connectivity index (χ1) is 8.86. The van der Waals surface area contributed by atoms with Crippen LogP contribution in [-0.4, -0.2) is 36.1 Å². The van der Waals surface area contributed by atoms with E-state index in [1.54, 1.807) is 0 Å². The molecule has 0 bridgehead atoms. The third kappa shape index (κ3) is 2.87. The predicted molar refractivity (Wildman–Crippen MR) is 72.1 cm³/mol. The Kier molecular flexibility index (Phi) is 3.86. The quantitative estimate of drug-likeness (QED) is 0.810. The molecular weight excluding hydrogens is 222 g/mol. The van der Waals surface area contributed by atoms with E-state index < -0.39 is 0 Å². The van der Waals surface area contributed by atoms with Crippen molar-refractivity contribution in [1.29, 1.82) is 5.26 Å². The molecule has 0 aromatic carbocycles. The number of hydrogen-bond donors (Lipinski definition) is 1. The van der Waals surface area contributed by atoms with E-state index in [9.17, 15) is 5.26 Å². The summed E-state index contributed by atoms with van der Waals surface area (Å²) in [5.74, 6) is 0.968. The van der Waals surface area contributed by atoms with Crippen molar-refractivity contribution in [3.05, 3.63) is 0 Å². The molecule has 0 aromatic heterocycles. The van der Waals surface area contributed by atoms with Gasteiger partial charge in [-0.15, -0.1) is 0 Å². The maximum absolute atomic E-state index is 9.18. The van der Waals surface area contributed by atoms with Gasteiger partial charge in [0, 0.05) is 18.6 Å². The van der Waals surface area contributed by atoms with Crippen LogP contribution in [0.2, 0.25) is 0 Å². The van der Waals surface area contributed by atoms with Crippen LogP contribution < -0.4 is 5.32 Å². The maximum atomic E-state index is 9.18. The lowest BCUT2D eigenvalue weighted by atomic mass is 9.85. The standard InChI is InChI=1S/C15H25N3/c16-11-14(17-13-5-6-13)8-10-18-9-7-12-3-1-2-4-15(12)18/h12-15,17H,1-10H2. The lowest BCUT2D eigenvalue weighted by Crippen LogP contribution is -2.39. The fourth-order valence-electron chi connectivity index (χ4n) is 3.80. The van der Waals surface area contributed by atoms with Crippen molar-refractivity contribution in [3.63, 3.8) is 0 Å². The molecule has 2 saturated carbocycles. The Morgan fingerprint density at radius 3 is 2.78 bits per heavy atom. The largest absolute Gasteiger partial charge is 0.300 e. The summed E-state index contributed by atoms with van der Waals surface area (Å²) in [5, 5.41) is 12.6. The van der Waals surface area contributed by atoms with Crippen molar-refractivity contribution >= 4 is 0 Å². The van der Waals surface area contributed by atoms with Gasteiger partial charge in [0.05, 0.1) is 12.1 Å². The summed E-state index contributed by atoms with van der Waals surface area (Å²) >= 11 is 0. The number of likely N-dealkylation sites (tertiary alicyclic amines) is 1. The first-order valence-electron chi connectivity index (χ1n) is 7.76. The maximum Gasteiger partial charge on any atom is 0.0967 e. The molecule has 3 unspecified atom stereocenters. The molecule has 1 heterocycles. The van der Waals surface area contributed by atoms with Crippen LogP contribution in [0.15, 0.2) is 0 Å². The molecule has 100 valence electrons. The second-order valence-electron chi connectivity index (χ2n) is 6.35. The first kappa shape index (κ1) is 12.4. The van der Waals surface area contributed by atoms with Crippen molar-refractivity contribution in [3.8, 4) is 6.07 Å². The normalized spacial score (nSPS) is 33.9. The van der Waals surface area contributed by atoms with Crippen LogP contribution in [0.5, 0.6) is 0 Å². The van der Waals surface area contributed by atoms with Crippen molar-refractivity contribution in [2.45, 2.75) is 69.5 Å². The van der Waals surface area contributed by atoms with Crippen LogP contribution in [0.1, 0.15) is 51.4 Å². The molecule has 0 spiro atoms. The summed E-state index contributed by atoms with van der Waals surface area (Å²) in [6, 6.07) is 4.01. The Balaban J connectivity index is 1.45. The van der Waals surface area contributed by atoms with Gasteiger partial charge >= 0.3 is 0 Å². The van der Waals surface area contributed by atoms with Gasteiger partial charge in [0.2, 0.25) is 0 Å². The minimum absolute atomic E-state index is 0.0835. The molecule has 18 heavy (non-hydrogen) atoms. The molecule has 0 amide bonds. The highest BCUT2D eigenvalue weighted by molar-refractivity contribution is 4.97. The van der Waals surface area contributed by atoms with Gasteiger partial charge in [-0.2, -0.15) is 5.26 Å². The fourth-order valence-corrected chi connectivity index (χ4v) is 3.80. The Bertz CT molecular complexity index is 318. The van der Waals surface area contributed by atoms with Gasteiger partial charge in [0.15, 0.2) is 0 Å². The SMILES string of the molecule is N#CC(CCN1CCC2CCCCC21)NC1CC1. The van der Waals surface area contributed by atoms with Gasteiger partial charge in [-0.1, -0.05) is 12.8 Å². The molecule has 1 aliphatic heterocycles. The van der Waals surface area contributed by atoms with E-state index >= 15 is 0 Å². The highest BCUT2D eigenvalue weighted by atomic mass is 15.2. The van der Waals surface area contributed by atoms with Crippen LogP contribution in [0.4, 0.5) is 0 Å². The Morgan fingerprint density at radius 1 is 1.17 bits per heavy atom. The predicted octanol–water partition coefficient (Wildman–Crippen LogP) is 2.29. The molecule has 3 fully saturated rings. The molecule has 3 rings (SSSR count). The summed E-state index contributed by atoms with van der Waals surface area (Å²) in [7, 11) is 0. The van der Waals surface area contributed by atoms with Crippen LogP contribution >= 0.6 is 0 Å². The number of nitrogens with one attached hydrogen (secondary N) is 1. The number of nitrogens with zero attached hydrogens (tertiary/aromatic N) is 2. The van der Waals surface area contributed by atoms with Gasteiger partial charge in [-0.05, 0) is 51.0 Å². The summed E-state index contributed by atoms with van der Waals surface area (Å²) in [6.07, 6.45) is 10.7. The molecule has 0 aromatic rings. The van der Waals surface area contributed by atoms with Crippen molar-refractivity contribution < 1.29 is 0 Å². The zero-order chi connectivity index (χ0) is 12.4. The second-order valence-corrected chi connectivity index (χ2v) is 6.35. The van der Waals surface area contributed by atoms with E-state index in [2.05, 4.69) is 16.3 Å². The van der Waals surface area contributed by atoms with E-state index in [1.165, 1.54) is 51.5 Å². The highest BCUT2D eigenvalue weighted by Gasteiger charge is 2.35. The minimum Gasteiger partial charge on any atom is -0.300 e. The lowest BCUT2D eigenvalue weighted by Gasteiger charge is -2.32. The van der Waals surface area contributed by atoms with Gasteiger partial charge in [-0.25, -0.2) is 0 Å². The van der Waals surface area contributed by atoms with Crippen molar-refractivity contribution in [2.75, 3.05) is 13.1 Å². The summed E-state index contributed by atoms with van der Waals surface area (Å²) < 4.78 is 0. The zero-order valence-electron chi connectivity index (χ0n) is 11.3. The molecular formula is C15H25N3. The molecule has 0 radical (unpaired) electrons. The number of fused-ring (bicyclic) bond motifs is 1. The average molecular weight is 247 g/mol. The van der Waals surface area contributed by atoms with Crippen LogP contribution in [0.25, 0.3) is 0 Å². The molecule has 3 aliphatic rings. The van der Waals surface area contributed by atoms with Gasteiger partial charge in [0.25, 0.3) is 0 Å². The summed E-state index contributed by atoms with van der Waals surface area (Å²) in [6.45, 7) is 2.40. The number of hydrogen-bond acceptors (Lipinski definition) is 3. The Hall–Kier alpha value is -0.590. The smallest absolute Gasteiger partial charge is 0.0967 e. The molecule has 3 atom stereocenters. The first-order valence-corrected chi connectivity index (χ1v) is 7.76. The third-order valence-corrected chi connectivity index (χ3v) is 5.00. The molecule has 2 aliphatic carbocycles.